The molecule has 0 aliphatic rings. The van der Waals surface area contributed by atoms with Crippen LogP contribution in [0.5, 0.6) is 0 Å². The van der Waals surface area contributed by atoms with Gasteiger partial charge in [0.15, 0.2) is 0 Å². The number of amides is 1. The van der Waals surface area contributed by atoms with Crippen LogP contribution < -0.4 is 0 Å². The second-order valence-electron chi connectivity index (χ2n) is 4.33. The Labute approximate surface area is 121 Å². The molecular weight excluding hydrogens is 282 g/mol. The summed E-state index contributed by atoms with van der Waals surface area (Å²) in [6.45, 7) is 4.30. The molecule has 2 aromatic heterocycles. The second-order valence-corrected chi connectivity index (χ2v) is 5.67. The number of rotatable bonds is 3. The highest BCUT2D eigenvalue weighted by Crippen LogP contribution is 2.20. The van der Waals surface area contributed by atoms with Crippen LogP contribution in [0, 0.1) is 13.8 Å². The molecule has 2 heterocycles. The van der Waals surface area contributed by atoms with Gasteiger partial charge >= 0.3 is 0 Å². The summed E-state index contributed by atoms with van der Waals surface area (Å²) in [6.07, 6.45) is 1.52. The van der Waals surface area contributed by atoms with Crippen molar-refractivity contribution >= 4 is 28.8 Å². The number of nitrogens with zero attached hydrogens (tertiary/aromatic N) is 3. The van der Waals surface area contributed by atoms with E-state index in [0.29, 0.717) is 17.1 Å². The van der Waals surface area contributed by atoms with E-state index in [0.717, 1.165) is 16.3 Å². The molecule has 4 nitrogen and oxygen atoms in total. The lowest BCUT2D eigenvalue weighted by molar-refractivity contribution is 0.0786. The van der Waals surface area contributed by atoms with Gasteiger partial charge in [0.05, 0.1) is 28.3 Å². The molecule has 0 bridgehead atoms. The van der Waals surface area contributed by atoms with Crippen LogP contribution in [0.3, 0.4) is 0 Å². The van der Waals surface area contributed by atoms with Crippen molar-refractivity contribution < 1.29 is 4.79 Å². The monoisotopic (exact) mass is 295 g/mol. The molecule has 2 rings (SSSR count). The molecule has 0 atom stereocenters. The minimum absolute atomic E-state index is 0.134. The maximum absolute atomic E-state index is 12.3. The van der Waals surface area contributed by atoms with Crippen molar-refractivity contribution in [1.82, 2.24) is 14.9 Å². The fourth-order valence-electron chi connectivity index (χ4n) is 1.65. The molecular formula is C13H14ClN3OS. The highest BCUT2D eigenvalue weighted by molar-refractivity contribution is 7.09. The van der Waals surface area contributed by atoms with Crippen LogP contribution >= 0.6 is 22.9 Å². The second kappa shape index (κ2) is 5.67. The molecule has 19 heavy (non-hydrogen) atoms. The Kier molecular flexibility index (Phi) is 4.17. The number of carbonyl (C=O) groups excluding carboxylic acids is 1. The molecule has 0 aliphatic carbocycles. The summed E-state index contributed by atoms with van der Waals surface area (Å²) in [5, 5.41) is 0.436. The van der Waals surface area contributed by atoms with Gasteiger partial charge in [0, 0.05) is 23.8 Å². The van der Waals surface area contributed by atoms with E-state index < -0.39 is 0 Å². The fourth-order valence-corrected chi connectivity index (χ4v) is 2.77. The molecule has 100 valence electrons. The highest BCUT2D eigenvalue weighted by atomic mass is 35.5. The maximum atomic E-state index is 12.3. The molecule has 0 saturated heterocycles. The Balaban J connectivity index is 2.17. The van der Waals surface area contributed by atoms with Crippen molar-refractivity contribution in [1.29, 1.82) is 0 Å². The van der Waals surface area contributed by atoms with E-state index in [1.165, 1.54) is 6.20 Å². The third-order valence-corrected chi connectivity index (χ3v) is 4.03. The summed E-state index contributed by atoms with van der Waals surface area (Å²) >= 11 is 7.63. The Morgan fingerprint density at radius 2 is 2.16 bits per heavy atom. The first-order valence-electron chi connectivity index (χ1n) is 5.75. The van der Waals surface area contributed by atoms with E-state index in [9.17, 15) is 4.79 Å². The van der Waals surface area contributed by atoms with Gasteiger partial charge in [-0.15, -0.1) is 11.3 Å². The molecule has 0 unspecified atom stereocenters. The molecule has 6 heteroatoms. The number of hydrogen-bond donors (Lipinski definition) is 0. The van der Waals surface area contributed by atoms with E-state index in [1.54, 1.807) is 34.9 Å². The first-order chi connectivity index (χ1) is 8.99. The predicted octanol–water partition coefficient (Wildman–Crippen LogP) is 3.08. The summed E-state index contributed by atoms with van der Waals surface area (Å²) < 4.78 is 0. The normalized spacial score (nSPS) is 10.5. The van der Waals surface area contributed by atoms with E-state index in [2.05, 4.69) is 9.97 Å². The van der Waals surface area contributed by atoms with Gasteiger partial charge in [-0.2, -0.15) is 0 Å². The van der Waals surface area contributed by atoms with Crippen LogP contribution in [0.2, 0.25) is 5.02 Å². The average Bonchev–Trinajstić information content (AvgIpc) is 2.74. The smallest absolute Gasteiger partial charge is 0.257 e. The van der Waals surface area contributed by atoms with Gasteiger partial charge in [0.2, 0.25) is 0 Å². The van der Waals surface area contributed by atoms with E-state index in [-0.39, 0.29) is 5.91 Å². The summed E-state index contributed by atoms with van der Waals surface area (Å²) in [7, 11) is 1.75. The van der Waals surface area contributed by atoms with Crippen LogP contribution in [-0.4, -0.2) is 27.8 Å². The van der Waals surface area contributed by atoms with Gasteiger partial charge in [0.1, 0.15) is 0 Å². The zero-order valence-corrected chi connectivity index (χ0v) is 12.5. The van der Waals surface area contributed by atoms with Crippen molar-refractivity contribution in [3.05, 3.63) is 44.6 Å². The van der Waals surface area contributed by atoms with Gasteiger partial charge < -0.3 is 4.90 Å². The van der Waals surface area contributed by atoms with Crippen molar-refractivity contribution in [2.24, 2.45) is 0 Å². The summed E-state index contributed by atoms with van der Waals surface area (Å²) in [5.41, 5.74) is 3.96. The number of aromatic nitrogens is 2. The number of pyridine rings is 1. The minimum Gasteiger partial charge on any atom is -0.336 e. The van der Waals surface area contributed by atoms with Crippen LogP contribution in [-0.2, 0) is 6.54 Å². The maximum Gasteiger partial charge on any atom is 0.257 e. The Morgan fingerprint density at radius 3 is 2.74 bits per heavy atom. The molecule has 2 aromatic rings. The molecule has 0 spiro atoms. The molecule has 0 aliphatic heterocycles. The standard InChI is InChI=1S/C13H14ClN3OS/c1-8-4-11(14)10(5-15-8)13(18)17(3)6-12-9(2)16-7-19-12/h4-5,7H,6H2,1-3H3. The van der Waals surface area contributed by atoms with E-state index in [1.807, 2.05) is 13.8 Å². The SMILES string of the molecule is Cc1cc(Cl)c(C(=O)N(C)Cc2scnc2C)cn1. The van der Waals surface area contributed by atoms with Crippen molar-refractivity contribution in [2.45, 2.75) is 20.4 Å². The zero-order valence-electron chi connectivity index (χ0n) is 11.0. The highest BCUT2D eigenvalue weighted by Gasteiger charge is 2.17. The molecule has 0 N–H and O–H groups in total. The van der Waals surface area contributed by atoms with Gasteiger partial charge in [0.25, 0.3) is 5.91 Å². The summed E-state index contributed by atoms with van der Waals surface area (Å²) in [6, 6.07) is 1.70. The number of carbonyl (C=O) groups is 1. The van der Waals surface area contributed by atoms with E-state index >= 15 is 0 Å². The number of aryl methyl sites for hydroxylation is 2. The molecule has 0 aromatic carbocycles. The Morgan fingerprint density at radius 1 is 1.42 bits per heavy atom. The van der Waals surface area contributed by atoms with Crippen LogP contribution in [0.1, 0.15) is 26.6 Å². The Hall–Kier alpha value is -1.46. The number of thiazole rings is 1. The molecule has 1 amide bonds. The topological polar surface area (TPSA) is 46.1 Å². The zero-order chi connectivity index (χ0) is 14.0. The first-order valence-corrected chi connectivity index (χ1v) is 7.01. The van der Waals surface area contributed by atoms with Crippen LogP contribution in [0.4, 0.5) is 0 Å². The van der Waals surface area contributed by atoms with Crippen LogP contribution in [0.15, 0.2) is 17.8 Å². The van der Waals surface area contributed by atoms with Crippen molar-refractivity contribution in [3.8, 4) is 0 Å². The fraction of sp³-hybridized carbons (Fsp3) is 0.308. The van der Waals surface area contributed by atoms with E-state index in [4.69, 9.17) is 11.6 Å². The van der Waals surface area contributed by atoms with Gasteiger partial charge in [-0.1, -0.05) is 11.6 Å². The van der Waals surface area contributed by atoms with Crippen LogP contribution in [0.25, 0.3) is 0 Å². The number of hydrogen-bond acceptors (Lipinski definition) is 4. The largest absolute Gasteiger partial charge is 0.336 e. The van der Waals surface area contributed by atoms with Gasteiger partial charge in [-0.3, -0.25) is 9.78 Å². The minimum atomic E-state index is -0.134. The first kappa shape index (κ1) is 14.0. The average molecular weight is 296 g/mol. The Bertz CT molecular complexity index is 612. The lowest BCUT2D eigenvalue weighted by atomic mass is 10.2. The summed E-state index contributed by atoms with van der Waals surface area (Å²) in [5.74, 6) is -0.134. The van der Waals surface area contributed by atoms with Gasteiger partial charge in [-0.25, -0.2) is 4.98 Å². The third kappa shape index (κ3) is 3.11. The lowest BCUT2D eigenvalue weighted by Crippen LogP contribution is -2.26. The molecule has 0 radical (unpaired) electrons. The molecule has 0 fully saturated rings. The lowest BCUT2D eigenvalue weighted by Gasteiger charge is -2.17. The predicted molar refractivity (Wildman–Crippen MR) is 76.6 cm³/mol. The van der Waals surface area contributed by atoms with Gasteiger partial charge in [-0.05, 0) is 19.9 Å². The quantitative estimate of drug-likeness (QED) is 0.874. The third-order valence-electron chi connectivity index (χ3n) is 2.79. The van der Waals surface area contributed by atoms with Crippen molar-refractivity contribution in [3.63, 3.8) is 0 Å². The molecule has 0 saturated carbocycles. The number of halogens is 1. The summed E-state index contributed by atoms with van der Waals surface area (Å²) in [4.78, 5) is 23.3. The van der Waals surface area contributed by atoms with Crippen molar-refractivity contribution in [2.75, 3.05) is 7.05 Å².